The van der Waals surface area contributed by atoms with Crippen LogP contribution < -0.4 is 0 Å². The van der Waals surface area contributed by atoms with Crippen molar-refractivity contribution in [3.63, 3.8) is 0 Å². The van der Waals surface area contributed by atoms with Crippen molar-refractivity contribution in [1.29, 1.82) is 0 Å². The van der Waals surface area contributed by atoms with E-state index in [1.54, 1.807) is 0 Å². The molecular formula is C21H37ClN4O2SeSi2. The fourth-order valence-corrected chi connectivity index (χ4v) is 9.33. The molecule has 1 saturated heterocycles. The van der Waals surface area contributed by atoms with Crippen LogP contribution in [0.1, 0.15) is 46.5 Å². The molecule has 0 spiro atoms. The van der Waals surface area contributed by atoms with E-state index in [9.17, 15) is 0 Å². The summed E-state index contributed by atoms with van der Waals surface area (Å²) in [6, 6.07) is 0. The van der Waals surface area contributed by atoms with Gasteiger partial charge in [-0.2, -0.15) is 0 Å². The van der Waals surface area contributed by atoms with E-state index in [0.717, 1.165) is 11.0 Å². The minimum atomic E-state index is -2.01. The van der Waals surface area contributed by atoms with E-state index in [1.165, 1.54) is 6.33 Å². The predicted molar refractivity (Wildman–Crippen MR) is 134 cm³/mol. The van der Waals surface area contributed by atoms with Gasteiger partial charge in [0.25, 0.3) is 0 Å². The van der Waals surface area contributed by atoms with Gasteiger partial charge in [-0.15, -0.1) is 0 Å². The van der Waals surface area contributed by atoms with Crippen LogP contribution in [0.25, 0.3) is 11.2 Å². The van der Waals surface area contributed by atoms with E-state index in [2.05, 4.69) is 87.2 Å². The molecule has 10 heteroatoms. The molecule has 0 radical (unpaired) electrons. The molecule has 0 aromatic carbocycles. The standard InChI is InChI=1S/C21H37ClN4O2SeSi2/c1-20(2,3)30(7,8)27-14-11-29-19(16(14)28-31(9,10)21(4,5)6)26-13-25-15-17(22)23-12-24-18(15)26/h12-14,16,19H,11H2,1-10H3. The summed E-state index contributed by atoms with van der Waals surface area (Å²) in [6.07, 6.45) is 3.45. The van der Waals surface area contributed by atoms with Gasteiger partial charge in [0.05, 0.1) is 0 Å². The molecule has 174 valence electrons. The first kappa shape index (κ1) is 25.3. The number of nitrogens with zero attached hydrogens (tertiary/aromatic N) is 4. The van der Waals surface area contributed by atoms with Gasteiger partial charge in [-0.25, -0.2) is 0 Å². The van der Waals surface area contributed by atoms with Gasteiger partial charge < -0.3 is 0 Å². The molecule has 0 bridgehead atoms. The predicted octanol–water partition coefficient (Wildman–Crippen LogP) is 5.90. The van der Waals surface area contributed by atoms with Gasteiger partial charge in [0.1, 0.15) is 0 Å². The third-order valence-electron chi connectivity index (χ3n) is 7.16. The zero-order valence-corrected chi connectivity index (χ0v) is 25.0. The summed E-state index contributed by atoms with van der Waals surface area (Å²) in [5, 5.41) is 1.70. The number of hydrogen-bond donors (Lipinski definition) is 0. The zero-order chi connectivity index (χ0) is 23.4. The summed E-state index contributed by atoms with van der Waals surface area (Å²) in [4.78, 5) is 13.3. The summed E-state index contributed by atoms with van der Waals surface area (Å²) in [7, 11) is -3.95. The average molecular weight is 548 g/mol. The number of aromatic nitrogens is 4. The normalized spacial score (nSPS) is 23.6. The second-order valence-electron chi connectivity index (χ2n) is 11.5. The Morgan fingerprint density at radius 2 is 1.55 bits per heavy atom. The third kappa shape index (κ3) is 4.98. The van der Waals surface area contributed by atoms with Gasteiger partial charge >= 0.3 is 201 Å². The van der Waals surface area contributed by atoms with Crippen LogP contribution in [0.5, 0.6) is 0 Å². The second kappa shape index (κ2) is 8.49. The third-order valence-corrected chi connectivity index (χ3v) is 19.3. The van der Waals surface area contributed by atoms with Gasteiger partial charge in [0.2, 0.25) is 0 Å². The average Bonchev–Trinajstić information content (AvgIpc) is 3.18. The Hall–Kier alpha value is -0.287. The SMILES string of the molecule is CC(C)(C)[Si](C)(C)OC1C[Se]C(n2cnc3c(Cl)ncnc32)C1O[Si](C)(C)C(C)(C)C. The molecule has 1 aliphatic rings. The van der Waals surface area contributed by atoms with Crippen molar-refractivity contribution in [3.05, 3.63) is 17.8 Å². The van der Waals surface area contributed by atoms with Crippen LogP contribution in [0.4, 0.5) is 0 Å². The van der Waals surface area contributed by atoms with Crippen molar-refractivity contribution in [2.75, 3.05) is 0 Å². The minimum absolute atomic E-state index is 0.0128. The van der Waals surface area contributed by atoms with Crippen molar-refractivity contribution in [1.82, 2.24) is 19.5 Å². The topological polar surface area (TPSA) is 62.1 Å². The molecule has 31 heavy (non-hydrogen) atoms. The van der Waals surface area contributed by atoms with Crippen molar-refractivity contribution < 1.29 is 8.85 Å². The summed E-state index contributed by atoms with van der Waals surface area (Å²) < 4.78 is 16.2. The van der Waals surface area contributed by atoms with Crippen LogP contribution in [-0.2, 0) is 8.85 Å². The van der Waals surface area contributed by atoms with Gasteiger partial charge in [-0.3, -0.25) is 0 Å². The van der Waals surface area contributed by atoms with E-state index in [4.69, 9.17) is 20.5 Å². The molecular weight excluding hydrogens is 511 g/mol. The first-order valence-corrected chi connectivity index (χ1v) is 19.2. The summed E-state index contributed by atoms with van der Waals surface area (Å²) in [5.74, 6) is 0. The summed E-state index contributed by atoms with van der Waals surface area (Å²) >= 11 is 6.58. The quantitative estimate of drug-likeness (QED) is 0.345. The molecule has 6 nitrogen and oxygen atoms in total. The Morgan fingerprint density at radius 3 is 2.13 bits per heavy atom. The Kier molecular flexibility index (Phi) is 6.94. The number of rotatable bonds is 5. The zero-order valence-electron chi connectivity index (χ0n) is 20.5. The number of hydrogen-bond acceptors (Lipinski definition) is 5. The second-order valence-corrected chi connectivity index (χ2v) is 23.8. The molecule has 3 rings (SSSR count). The van der Waals surface area contributed by atoms with Crippen molar-refractivity contribution >= 4 is 54.4 Å². The first-order valence-electron chi connectivity index (χ1n) is 10.9. The molecule has 1 aliphatic heterocycles. The molecule has 0 saturated carbocycles. The van der Waals surface area contributed by atoms with Crippen LogP contribution in [0.15, 0.2) is 12.7 Å². The molecule has 2 aromatic heterocycles. The monoisotopic (exact) mass is 548 g/mol. The van der Waals surface area contributed by atoms with Crippen molar-refractivity contribution in [2.24, 2.45) is 0 Å². The fourth-order valence-electron chi connectivity index (χ4n) is 3.12. The maximum atomic E-state index is 7.08. The molecule has 0 N–H and O–H groups in total. The molecule has 3 heterocycles. The van der Waals surface area contributed by atoms with E-state index in [0.29, 0.717) is 25.6 Å². The Bertz CT molecular complexity index is 940. The summed E-state index contributed by atoms with van der Waals surface area (Å²) in [5.41, 5.74) is 1.43. The van der Waals surface area contributed by atoms with Gasteiger partial charge in [-0.05, 0) is 0 Å². The molecule has 1 fully saturated rings. The Morgan fingerprint density at radius 1 is 0.968 bits per heavy atom. The van der Waals surface area contributed by atoms with Crippen LogP contribution in [0.2, 0.25) is 46.7 Å². The van der Waals surface area contributed by atoms with Gasteiger partial charge in [0, 0.05) is 0 Å². The Balaban J connectivity index is 2.01. The van der Waals surface area contributed by atoms with E-state index in [1.807, 2.05) is 6.33 Å². The molecule has 3 atom stereocenters. The van der Waals surface area contributed by atoms with E-state index >= 15 is 0 Å². The van der Waals surface area contributed by atoms with E-state index < -0.39 is 16.6 Å². The number of imidazole rings is 1. The number of fused-ring (bicyclic) bond motifs is 1. The van der Waals surface area contributed by atoms with Crippen molar-refractivity contribution in [3.8, 4) is 0 Å². The molecule has 2 aromatic rings. The van der Waals surface area contributed by atoms with Crippen LogP contribution in [-0.4, -0.2) is 63.3 Å². The molecule has 3 unspecified atom stereocenters. The van der Waals surface area contributed by atoms with Crippen LogP contribution in [0, 0.1) is 0 Å². The van der Waals surface area contributed by atoms with Crippen LogP contribution >= 0.6 is 11.6 Å². The van der Waals surface area contributed by atoms with E-state index in [-0.39, 0.29) is 27.2 Å². The maximum absolute atomic E-state index is 7.08. The van der Waals surface area contributed by atoms with Gasteiger partial charge in [0.15, 0.2) is 0 Å². The summed E-state index contributed by atoms with van der Waals surface area (Å²) in [6.45, 7) is 23.1. The molecule has 0 aliphatic carbocycles. The Labute approximate surface area is 200 Å². The van der Waals surface area contributed by atoms with Crippen molar-refractivity contribution in [2.45, 2.75) is 100 Å². The van der Waals surface area contributed by atoms with Crippen LogP contribution in [0.3, 0.4) is 0 Å². The number of halogens is 1. The first-order chi connectivity index (χ1) is 14.1. The van der Waals surface area contributed by atoms with Gasteiger partial charge in [-0.1, -0.05) is 0 Å². The fraction of sp³-hybridized carbons (Fsp3) is 0.762. The molecule has 0 amide bonds.